The van der Waals surface area contributed by atoms with E-state index in [2.05, 4.69) is 9.97 Å². The summed E-state index contributed by atoms with van der Waals surface area (Å²) in [5.74, 6) is -1.16. The maximum Gasteiger partial charge on any atom is 0.195 e. The molecule has 3 aromatic heterocycles. The molecule has 0 atom stereocenters. The number of thiazole rings is 2. The van der Waals surface area contributed by atoms with Crippen molar-refractivity contribution in [2.75, 3.05) is 0 Å². The van der Waals surface area contributed by atoms with Gasteiger partial charge in [0.1, 0.15) is 5.01 Å². The molecule has 5 nitrogen and oxygen atoms in total. The summed E-state index contributed by atoms with van der Waals surface area (Å²) in [5.41, 5.74) is 2.02. The molecule has 0 aliphatic carbocycles. The second-order valence-corrected chi connectivity index (χ2v) is 7.31. The van der Waals surface area contributed by atoms with Crippen molar-refractivity contribution in [3.8, 4) is 0 Å². The van der Waals surface area contributed by atoms with E-state index in [9.17, 15) is 9.90 Å². The number of carbonyl (C=O) groups is 1. The number of para-hydroxylation sites is 1. The minimum Gasteiger partial charge on any atom is -0.550 e. The molecule has 0 radical (unpaired) electrons. The molecule has 120 valence electrons. The fourth-order valence-corrected chi connectivity index (χ4v) is 4.40. The van der Waals surface area contributed by atoms with Crippen molar-refractivity contribution >= 4 is 67.1 Å². The van der Waals surface area contributed by atoms with E-state index in [1.54, 1.807) is 6.08 Å². The maximum atomic E-state index is 11.2. The molecule has 3 heterocycles. The molecule has 0 unspecified atom stereocenters. The lowest BCUT2D eigenvalue weighted by molar-refractivity contribution is -0.304. The maximum absolute atomic E-state index is 11.2. The monoisotopic (exact) mass is 374 g/mol. The highest BCUT2D eigenvalue weighted by Crippen LogP contribution is 2.32. The van der Waals surface area contributed by atoms with Gasteiger partial charge in [0.25, 0.3) is 0 Å². The topological polar surface area (TPSA) is 70.3 Å². The van der Waals surface area contributed by atoms with Crippen LogP contribution in [0.4, 0.5) is 0 Å². The van der Waals surface area contributed by atoms with Gasteiger partial charge in [-0.3, -0.25) is 4.40 Å². The Balaban J connectivity index is 1.88. The van der Waals surface area contributed by atoms with Gasteiger partial charge in [0.15, 0.2) is 10.1 Å². The Hall–Kier alpha value is -2.22. The van der Waals surface area contributed by atoms with Crippen molar-refractivity contribution in [2.24, 2.45) is 0 Å². The Kier molecular flexibility index (Phi) is 3.84. The zero-order valence-corrected chi connectivity index (χ0v) is 14.5. The number of hydrogen-bond acceptors (Lipinski definition) is 6. The van der Waals surface area contributed by atoms with Crippen molar-refractivity contribution in [1.29, 1.82) is 0 Å². The van der Waals surface area contributed by atoms with Crippen LogP contribution in [0.3, 0.4) is 0 Å². The van der Waals surface area contributed by atoms with Gasteiger partial charge < -0.3 is 9.90 Å². The molecule has 0 aliphatic rings. The van der Waals surface area contributed by atoms with E-state index in [0.717, 1.165) is 15.2 Å². The van der Waals surface area contributed by atoms with Crippen LogP contribution in [0.2, 0.25) is 5.15 Å². The van der Waals surface area contributed by atoms with Crippen LogP contribution in [0.25, 0.3) is 26.8 Å². The van der Waals surface area contributed by atoms with Gasteiger partial charge in [-0.25, -0.2) is 9.97 Å². The average Bonchev–Trinajstić information content (AvgIpc) is 3.22. The summed E-state index contributed by atoms with van der Waals surface area (Å²) in [7, 11) is 0. The highest BCUT2D eigenvalue weighted by atomic mass is 35.5. The van der Waals surface area contributed by atoms with Crippen molar-refractivity contribution < 1.29 is 9.90 Å². The molecule has 0 fully saturated rings. The summed E-state index contributed by atoms with van der Waals surface area (Å²) in [6.45, 7) is 0. The molecule has 0 saturated carbocycles. The van der Waals surface area contributed by atoms with E-state index in [-0.39, 0.29) is 6.42 Å². The third-order valence-corrected chi connectivity index (χ3v) is 5.62. The SMILES string of the molecule is O=C([O-])C/C(=C\c1c(Cl)nc2sccn12)c1nc2ccccc2s1. The number of halogens is 1. The molecule has 8 heteroatoms. The van der Waals surface area contributed by atoms with E-state index in [1.807, 2.05) is 40.2 Å². The summed E-state index contributed by atoms with van der Waals surface area (Å²) in [5, 5.41) is 14.1. The first kappa shape index (κ1) is 15.3. The first-order chi connectivity index (χ1) is 11.6. The molecular formula is C16H9ClN3O2S2-. The molecule has 0 saturated heterocycles. The van der Waals surface area contributed by atoms with Crippen LogP contribution in [0.5, 0.6) is 0 Å². The smallest absolute Gasteiger partial charge is 0.195 e. The van der Waals surface area contributed by atoms with Crippen molar-refractivity contribution in [2.45, 2.75) is 6.42 Å². The van der Waals surface area contributed by atoms with Gasteiger partial charge in [-0.05, 0) is 23.8 Å². The number of hydrogen-bond donors (Lipinski definition) is 0. The van der Waals surface area contributed by atoms with Gasteiger partial charge in [0, 0.05) is 24.0 Å². The average molecular weight is 375 g/mol. The van der Waals surface area contributed by atoms with Crippen LogP contribution < -0.4 is 5.11 Å². The Labute approximate surface area is 149 Å². The van der Waals surface area contributed by atoms with Gasteiger partial charge in [-0.1, -0.05) is 23.7 Å². The van der Waals surface area contributed by atoms with E-state index < -0.39 is 5.97 Å². The molecule has 0 spiro atoms. The first-order valence-electron chi connectivity index (χ1n) is 6.99. The summed E-state index contributed by atoms with van der Waals surface area (Å²) < 4.78 is 2.83. The predicted molar refractivity (Wildman–Crippen MR) is 95.2 cm³/mol. The Bertz CT molecular complexity index is 1060. The number of carbonyl (C=O) groups excluding carboxylic acids is 1. The number of aliphatic carboxylic acids is 1. The zero-order chi connectivity index (χ0) is 16.7. The molecule has 0 bridgehead atoms. The van der Waals surface area contributed by atoms with Gasteiger partial charge in [0.2, 0.25) is 0 Å². The fraction of sp³-hybridized carbons (Fsp3) is 0.0625. The standard InChI is InChI=1S/C16H10ClN3O2S2/c17-14-11(20-5-6-23-16(20)19-14)7-9(8-13(21)22)15-18-10-3-1-2-4-12(10)24-15/h1-7H,8H2,(H,21,22)/p-1/b9-7+. The molecule has 4 rings (SSSR count). The van der Waals surface area contributed by atoms with E-state index in [1.165, 1.54) is 22.7 Å². The van der Waals surface area contributed by atoms with Crippen LogP contribution in [-0.4, -0.2) is 20.3 Å². The summed E-state index contributed by atoms with van der Waals surface area (Å²) >= 11 is 9.11. The third kappa shape index (κ3) is 2.71. The largest absolute Gasteiger partial charge is 0.550 e. The molecule has 0 N–H and O–H groups in total. The Morgan fingerprint density at radius 2 is 2.17 bits per heavy atom. The van der Waals surface area contributed by atoms with E-state index in [0.29, 0.717) is 21.4 Å². The van der Waals surface area contributed by atoms with Crippen molar-refractivity contribution in [3.05, 3.63) is 51.7 Å². The quantitative estimate of drug-likeness (QED) is 0.549. The summed E-state index contributed by atoms with van der Waals surface area (Å²) in [4.78, 5) is 20.7. The van der Waals surface area contributed by atoms with Crippen molar-refractivity contribution in [3.63, 3.8) is 0 Å². The summed E-state index contributed by atoms with van der Waals surface area (Å²) in [6, 6.07) is 7.68. The van der Waals surface area contributed by atoms with Gasteiger partial charge in [-0.2, -0.15) is 0 Å². The van der Waals surface area contributed by atoms with Gasteiger partial charge in [-0.15, -0.1) is 22.7 Å². The number of rotatable bonds is 4. The van der Waals surface area contributed by atoms with Crippen LogP contribution in [0.15, 0.2) is 35.8 Å². The second kappa shape index (κ2) is 6.01. The minimum absolute atomic E-state index is 0.243. The van der Waals surface area contributed by atoms with Gasteiger partial charge in [0.05, 0.1) is 15.9 Å². The minimum atomic E-state index is -1.16. The van der Waals surface area contributed by atoms with Gasteiger partial charge >= 0.3 is 0 Å². The summed E-state index contributed by atoms with van der Waals surface area (Å²) in [6.07, 6.45) is 3.33. The molecule has 4 aromatic rings. The number of nitrogens with zero attached hydrogens (tertiary/aromatic N) is 3. The van der Waals surface area contributed by atoms with Crippen LogP contribution in [0.1, 0.15) is 17.1 Å². The number of benzene rings is 1. The van der Waals surface area contributed by atoms with Crippen molar-refractivity contribution in [1.82, 2.24) is 14.4 Å². The number of carboxylic acid groups (broad SMARTS) is 1. The Morgan fingerprint density at radius 3 is 2.96 bits per heavy atom. The van der Waals surface area contributed by atoms with Crippen LogP contribution >= 0.6 is 34.3 Å². The third-order valence-electron chi connectivity index (χ3n) is 3.47. The molecular weight excluding hydrogens is 366 g/mol. The highest BCUT2D eigenvalue weighted by Gasteiger charge is 2.14. The van der Waals surface area contributed by atoms with Crippen LogP contribution in [-0.2, 0) is 4.79 Å². The fourth-order valence-electron chi connectivity index (χ4n) is 2.42. The lowest BCUT2D eigenvalue weighted by atomic mass is 10.1. The molecule has 24 heavy (non-hydrogen) atoms. The lowest BCUT2D eigenvalue weighted by Crippen LogP contribution is -2.22. The zero-order valence-electron chi connectivity index (χ0n) is 12.1. The molecule has 0 aliphatic heterocycles. The molecule has 0 amide bonds. The number of carboxylic acids is 1. The number of imidazole rings is 1. The van der Waals surface area contributed by atoms with Crippen LogP contribution in [0, 0.1) is 0 Å². The van der Waals surface area contributed by atoms with E-state index >= 15 is 0 Å². The van der Waals surface area contributed by atoms with E-state index in [4.69, 9.17) is 11.6 Å². The Morgan fingerprint density at radius 1 is 1.33 bits per heavy atom. The highest BCUT2D eigenvalue weighted by molar-refractivity contribution is 7.19. The lowest BCUT2D eigenvalue weighted by Gasteiger charge is -2.05. The predicted octanol–water partition coefficient (Wildman–Crippen LogP) is 3.34. The molecule has 1 aromatic carbocycles. The first-order valence-corrected chi connectivity index (χ1v) is 9.06. The second-order valence-electron chi connectivity index (χ2n) is 5.05. The number of fused-ring (bicyclic) bond motifs is 2. The normalized spacial score (nSPS) is 12.3. The number of aromatic nitrogens is 3.